The fourth-order valence-corrected chi connectivity index (χ4v) is 4.45. The Balaban J connectivity index is 1.35. The number of likely N-dealkylation sites (N-methyl/N-ethyl adjacent to an activating group) is 1. The molecule has 0 aliphatic carbocycles. The molecule has 0 spiro atoms. The monoisotopic (exact) mass is 404 g/mol. The molecule has 0 bridgehead atoms. The van der Waals surface area contributed by atoms with E-state index >= 15 is 0 Å². The molecule has 4 heterocycles. The zero-order valence-corrected chi connectivity index (χ0v) is 17.2. The minimum atomic E-state index is 0.725. The molecule has 3 aromatic heterocycles. The third kappa shape index (κ3) is 3.89. The quantitative estimate of drug-likeness (QED) is 0.523. The van der Waals surface area contributed by atoms with Crippen LogP contribution >= 0.6 is 11.3 Å². The molecule has 6 nitrogen and oxygen atoms in total. The summed E-state index contributed by atoms with van der Waals surface area (Å²) in [6.07, 6.45) is 1.81. The molecule has 0 radical (unpaired) electrons. The smallest absolute Gasteiger partial charge is 0.183 e. The van der Waals surface area contributed by atoms with Crippen LogP contribution in [0.3, 0.4) is 0 Å². The predicted molar refractivity (Wildman–Crippen MR) is 120 cm³/mol. The number of piperazine rings is 1. The van der Waals surface area contributed by atoms with Crippen LogP contribution in [0.5, 0.6) is 0 Å². The molecule has 1 aliphatic rings. The van der Waals surface area contributed by atoms with Crippen LogP contribution < -0.4 is 5.32 Å². The lowest BCUT2D eigenvalue weighted by atomic mass is 10.1. The Morgan fingerprint density at radius 3 is 2.66 bits per heavy atom. The highest BCUT2D eigenvalue weighted by atomic mass is 32.1. The molecular formula is C22H24N6S. The van der Waals surface area contributed by atoms with Gasteiger partial charge in [-0.3, -0.25) is 10.00 Å². The summed E-state index contributed by atoms with van der Waals surface area (Å²) in [4.78, 5) is 9.31. The van der Waals surface area contributed by atoms with E-state index in [2.05, 4.69) is 78.4 Å². The number of aromatic amines is 1. The van der Waals surface area contributed by atoms with E-state index in [1.165, 1.54) is 11.1 Å². The number of hydrogen-bond acceptors (Lipinski definition) is 6. The van der Waals surface area contributed by atoms with Gasteiger partial charge in [-0.15, -0.1) is 0 Å². The van der Waals surface area contributed by atoms with Crippen LogP contribution in [0.15, 0.2) is 53.4 Å². The van der Waals surface area contributed by atoms with Crippen LogP contribution in [0.4, 0.5) is 11.5 Å². The van der Waals surface area contributed by atoms with E-state index in [1.807, 2.05) is 12.3 Å². The molecule has 0 amide bonds. The maximum atomic E-state index is 4.41. The first-order chi connectivity index (χ1) is 14.3. The Kier molecular flexibility index (Phi) is 5.01. The first-order valence-corrected chi connectivity index (χ1v) is 10.8. The largest absolute Gasteiger partial charge is 0.340 e. The predicted octanol–water partition coefficient (Wildman–Crippen LogP) is 4.18. The van der Waals surface area contributed by atoms with Crippen molar-refractivity contribution in [3.05, 3.63) is 58.9 Å². The van der Waals surface area contributed by atoms with Gasteiger partial charge < -0.3 is 10.2 Å². The number of pyridine rings is 1. The Morgan fingerprint density at radius 1 is 1.07 bits per heavy atom. The molecule has 0 unspecified atom stereocenters. The summed E-state index contributed by atoms with van der Waals surface area (Å²) >= 11 is 1.69. The van der Waals surface area contributed by atoms with E-state index in [0.29, 0.717) is 0 Å². The summed E-state index contributed by atoms with van der Waals surface area (Å²) in [5.74, 6) is 0.876. The van der Waals surface area contributed by atoms with Gasteiger partial charge in [0.15, 0.2) is 5.65 Å². The summed E-state index contributed by atoms with van der Waals surface area (Å²) in [7, 11) is 2.19. The van der Waals surface area contributed by atoms with E-state index in [-0.39, 0.29) is 0 Å². The minimum absolute atomic E-state index is 0.725. The fourth-order valence-electron chi connectivity index (χ4n) is 3.80. The fraction of sp³-hybridized carbons (Fsp3) is 0.273. The molecule has 5 rings (SSSR count). The zero-order chi connectivity index (χ0) is 19.6. The maximum absolute atomic E-state index is 4.41. The van der Waals surface area contributed by atoms with Gasteiger partial charge in [-0.05, 0) is 58.8 Å². The van der Waals surface area contributed by atoms with Gasteiger partial charge in [-0.1, -0.05) is 12.1 Å². The van der Waals surface area contributed by atoms with Crippen LogP contribution in [0.2, 0.25) is 0 Å². The molecule has 0 atom stereocenters. The van der Waals surface area contributed by atoms with E-state index in [9.17, 15) is 0 Å². The number of benzene rings is 1. The molecule has 29 heavy (non-hydrogen) atoms. The average molecular weight is 405 g/mol. The van der Waals surface area contributed by atoms with Crippen LogP contribution in [-0.2, 0) is 6.54 Å². The van der Waals surface area contributed by atoms with Crippen molar-refractivity contribution in [1.82, 2.24) is 25.0 Å². The van der Waals surface area contributed by atoms with Gasteiger partial charge >= 0.3 is 0 Å². The second kappa shape index (κ2) is 7.94. The van der Waals surface area contributed by atoms with Gasteiger partial charge in [0.05, 0.1) is 5.39 Å². The molecule has 4 aromatic rings. The molecule has 7 heteroatoms. The molecule has 0 saturated carbocycles. The van der Waals surface area contributed by atoms with E-state index in [1.54, 1.807) is 11.3 Å². The van der Waals surface area contributed by atoms with Crippen LogP contribution in [0.25, 0.3) is 22.2 Å². The number of nitrogens with zero attached hydrogens (tertiary/aromatic N) is 4. The van der Waals surface area contributed by atoms with Crippen LogP contribution in [0.1, 0.15) is 5.56 Å². The lowest BCUT2D eigenvalue weighted by Crippen LogP contribution is -2.43. The van der Waals surface area contributed by atoms with Gasteiger partial charge in [0.1, 0.15) is 5.82 Å². The van der Waals surface area contributed by atoms with Crippen molar-refractivity contribution < 1.29 is 0 Å². The highest BCUT2D eigenvalue weighted by molar-refractivity contribution is 7.08. The Morgan fingerprint density at radius 2 is 1.90 bits per heavy atom. The van der Waals surface area contributed by atoms with Crippen molar-refractivity contribution in [2.75, 3.05) is 38.5 Å². The zero-order valence-electron chi connectivity index (χ0n) is 16.4. The highest BCUT2D eigenvalue weighted by Crippen LogP contribution is 2.33. The number of nitrogens with one attached hydrogen (secondary N) is 2. The lowest BCUT2D eigenvalue weighted by molar-refractivity contribution is 0.148. The first kappa shape index (κ1) is 18.3. The molecule has 2 N–H and O–H groups in total. The second-order valence-corrected chi connectivity index (χ2v) is 8.35. The van der Waals surface area contributed by atoms with Gasteiger partial charge in [0.2, 0.25) is 0 Å². The summed E-state index contributed by atoms with van der Waals surface area (Å²) in [5.41, 5.74) is 5.43. The number of thiophene rings is 1. The summed E-state index contributed by atoms with van der Waals surface area (Å²) < 4.78 is 0. The summed E-state index contributed by atoms with van der Waals surface area (Å²) in [6, 6.07) is 12.9. The summed E-state index contributed by atoms with van der Waals surface area (Å²) in [5, 5.41) is 16.3. The standard InChI is InChI=1S/C22H24N6S/c1-27-9-11-28(12-10-27)14-16-2-4-18(5-3-16)24-22-20-19(17-7-13-29-15-17)6-8-23-21(20)25-26-22/h2-8,13,15H,9-12,14H2,1H3,(H2,23,24,25,26). The average Bonchev–Trinajstić information content (AvgIpc) is 3.42. The maximum Gasteiger partial charge on any atom is 0.183 e. The van der Waals surface area contributed by atoms with Crippen LogP contribution in [-0.4, -0.2) is 58.2 Å². The van der Waals surface area contributed by atoms with Crippen molar-refractivity contribution in [2.45, 2.75) is 6.54 Å². The number of rotatable bonds is 5. The molecule has 1 saturated heterocycles. The Labute approximate surface area is 174 Å². The van der Waals surface area contributed by atoms with Gasteiger partial charge in [0, 0.05) is 44.6 Å². The van der Waals surface area contributed by atoms with Crippen molar-refractivity contribution in [1.29, 1.82) is 0 Å². The number of hydrogen-bond donors (Lipinski definition) is 2. The Hall–Kier alpha value is -2.74. The minimum Gasteiger partial charge on any atom is -0.340 e. The molecular weight excluding hydrogens is 380 g/mol. The number of H-pyrrole nitrogens is 1. The number of aromatic nitrogens is 3. The topological polar surface area (TPSA) is 60.1 Å². The van der Waals surface area contributed by atoms with Gasteiger partial charge in [-0.25, -0.2) is 4.98 Å². The Bertz CT molecular complexity index is 1080. The van der Waals surface area contributed by atoms with Crippen molar-refractivity contribution >= 4 is 33.9 Å². The highest BCUT2D eigenvalue weighted by Gasteiger charge is 2.15. The number of anilines is 2. The third-order valence-electron chi connectivity index (χ3n) is 5.51. The SMILES string of the molecule is CN1CCN(Cc2ccc(Nc3[nH]nc4nccc(-c5ccsc5)c34)cc2)CC1. The first-order valence-electron chi connectivity index (χ1n) is 9.89. The van der Waals surface area contributed by atoms with Crippen molar-refractivity contribution in [3.8, 4) is 11.1 Å². The summed E-state index contributed by atoms with van der Waals surface area (Å²) in [6.45, 7) is 5.57. The van der Waals surface area contributed by atoms with Crippen molar-refractivity contribution in [3.63, 3.8) is 0 Å². The number of fused-ring (bicyclic) bond motifs is 1. The normalized spacial score (nSPS) is 15.8. The molecule has 1 fully saturated rings. The molecule has 148 valence electrons. The lowest BCUT2D eigenvalue weighted by Gasteiger charge is -2.32. The van der Waals surface area contributed by atoms with E-state index in [0.717, 1.165) is 60.8 Å². The van der Waals surface area contributed by atoms with Crippen molar-refractivity contribution in [2.24, 2.45) is 0 Å². The van der Waals surface area contributed by atoms with E-state index < -0.39 is 0 Å². The van der Waals surface area contributed by atoms with Crippen LogP contribution in [0, 0.1) is 0 Å². The molecule has 1 aliphatic heterocycles. The third-order valence-corrected chi connectivity index (χ3v) is 6.20. The second-order valence-electron chi connectivity index (χ2n) is 7.57. The van der Waals surface area contributed by atoms with E-state index in [4.69, 9.17) is 0 Å². The molecule has 1 aromatic carbocycles. The van der Waals surface area contributed by atoms with Gasteiger partial charge in [0.25, 0.3) is 0 Å². The van der Waals surface area contributed by atoms with Gasteiger partial charge in [-0.2, -0.15) is 16.4 Å².